The van der Waals surface area contributed by atoms with Crippen molar-refractivity contribution in [3.63, 3.8) is 0 Å². The van der Waals surface area contributed by atoms with E-state index in [9.17, 15) is 9.59 Å². The molecule has 0 heterocycles. The van der Waals surface area contributed by atoms with Crippen molar-refractivity contribution in [3.8, 4) is 0 Å². The lowest BCUT2D eigenvalue weighted by molar-refractivity contribution is -0.139. The molecule has 0 rings (SSSR count). The first-order valence-electron chi connectivity index (χ1n) is 15.8. The second-order valence-electron chi connectivity index (χ2n) is 10.4. The van der Waals surface area contributed by atoms with E-state index in [1.165, 1.54) is 4.90 Å². The van der Waals surface area contributed by atoms with E-state index in [1.54, 1.807) is 7.05 Å². The lowest BCUT2D eigenvalue weighted by Crippen LogP contribution is -2.36. The predicted molar refractivity (Wildman–Crippen MR) is 168 cm³/mol. The minimum absolute atomic E-state index is 0.194. The number of likely N-dealkylation sites (N-methyl/N-ethyl adjacent to an activating group) is 1. The number of nitrogens with zero attached hydrogens (tertiary/aromatic N) is 1. The van der Waals surface area contributed by atoms with Crippen LogP contribution < -0.4 is 0 Å². The summed E-state index contributed by atoms with van der Waals surface area (Å²) in [6.45, 7) is 18.6. The van der Waals surface area contributed by atoms with Crippen LogP contribution in [0.25, 0.3) is 0 Å². The van der Waals surface area contributed by atoms with Gasteiger partial charge in [-0.15, -0.1) is 0 Å². The molecule has 0 unspecified atom stereocenters. The SMILES string of the molecule is C=CC(=O)OCCOCCOCCOCCOCCOCCOCCOCCOCCOCCOCCN(C)C(=O)OC(C)(C)C. The molecule has 0 spiro atoms. The first-order valence-corrected chi connectivity index (χ1v) is 15.8. The van der Waals surface area contributed by atoms with E-state index in [0.29, 0.717) is 139 Å². The number of amides is 1. The predicted octanol–water partition coefficient (Wildman–Crippen LogP) is 1.75. The number of hydrogen-bond acceptors (Lipinski definition) is 14. The monoisotopic (exact) mass is 669 g/mol. The Morgan fingerprint density at radius 2 is 0.761 bits per heavy atom. The van der Waals surface area contributed by atoms with Crippen LogP contribution in [0.15, 0.2) is 12.7 Å². The van der Waals surface area contributed by atoms with Crippen molar-refractivity contribution in [2.24, 2.45) is 0 Å². The summed E-state index contributed by atoms with van der Waals surface area (Å²) in [6.07, 6.45) is 0.743. The molecule has 0 fully saturated rings. The van der Waals surface area contributed by atoms with Gasteiger partial charge in [-0.3, -0.25) is 0 Å². The Morgan fingerprint density at radius 1 is 0.500 bits per heavy atom. The first kappa shape index (κ1) is 44.1. The molecule has 0 saturated heterocycles. The van der Waals surface area contributed by atoms with Crippen LogP contribution >= 0.6 is 0 Å². The third-order valence-electron chi connectivity index (χ3n) is 5.26. The van der Waals surface area contributed by atoms with Crippen LogP contribution in [-0.2, 0) is 61.6 Å². The maximum absolute atomic E-state index is 11.8. The lowest BCUT2D eigenvalue weighted by atomic mass is 10.2. The Kier molecular flexibility index (Phi) is 31.6. The highest BCUT2D eigenvalue weighted by Crippen LogP contribution is 2.08. The molecule has 272 valence electrons. The highest BCUT2D eigenvalue weighted by atomic mass is 16.6. The Morgan fingerprint density at radius 3 is 1.02 bits per heavy atom. The summed E-state index contributed by atoms with van der Waals surface area (Å²) in [5.74, 6) is -0.463. The van der Waals surface area contributed by atoms with Crippen LogP contribution in [-0.4, -0.2) is 175 Å². The van der Waals surface area contributed by atoms with Gasteiger partial charge in [0.25, 0.3) is 0 Å². The molecule has 0 aromatic heterocycles. The number of esters is 1. The van der Waals surface area contributed by atoms with E-state index in [0.717, 1.165) is 6.08 Å². The third kappa shape index (κ3) is 34.9. The lowest BCUT2D eigenvalue weighted by Gasteiger charge is -2.24. The summed E-state index contributed by atoms with van der Waals surface area (Å²) in [5, 5.41) is 0. The normalized spacial score (nSPS) is 11.5. The molecular formula is C31H59NO14. The topological polar surface area (TPSA) is 148 Å². The molecule has 0 saturated carbocycles. The van der Waals surface area contributed by atoms with Crippen molar-refractivity contribution in [2.75, 3.05) is 152 Å². The fourth-order valence-electron chi connectivity index (χ4n) is 2.97. The maximum atomic E-state index is 11.8. The zero-order valence-electron chi connectivity index (χ0n) is 28.5. The molecule has 0 bridgehead atoms. The van der Waals surface area contributed by atoms with Crippen LogP contribution in [0.4, 0.5) is 4.79 Å². The van der Waals surface area contributed by atoms with Crippen LogP contribution in [0.1, 0.15) is 20.8 Å². The van der Waals surface area contributed by atoms with Crippen LogP contribution in [0, 0.1) is 0 Å². The summed E-state index contributed by atoms with van der Waals surface area (Å²) >= 11 is 0. The minimum atomic E-state index is -0.513. The molecule has 15 nitrogen and oxygen atoms in total. The molecule has 15 heteroatoms. The molecule has 0 aliphatic heterocycles. The van der Waals surface area contributed by atoms with Gasteiger partial charge in [0.05, 0.1) is 132 Å². The smallest absolute Gasteiger partial charge is 0.410 e. The standard InChI is InChI=1S/C31H59NO14/c1-6-29(33)45-28-27-44-26-25-43-24-23-42-22-21-41-20-19-40-18-17-39-16-15-38-14-13-37-12-11-36-10-9-35-8-7-32(5)30(34)46-31(2,3)4/h6H,1,7-28H2,2-5H3. The number of carbonyl (C=O) groups excluding carboxylic acids is 2. The quantitative estimate of drug-likeness (QED) is 0.0557. The van der Waals surface area contributed by atoms with Crippen molar-refractivity contribution in [1.82, 2.24) is 4.90 Å². The number of rotatable bonds is 34. The van der Waals surface area contributed by atoms with Crippen LogP contribution in [0.2, 0.25) is 0 Å². The first-order chi connectivity index (χ1) is 22.3. The van der Waals surface area contributed by atoms with E-state index < -0.39 is 11.6 Å². The number of carbonyl (C=O) groups is 2. The van der Waals surface area contributed by atoms with Crippen molar-refractivity contribution >= 4 is 12.1 Å². The molecule has 1 amide bonds. The molecule has 46 heavy (non-hydrogen) atoms. The Hall–Kier alpha value is -1.92. The zero-order chi connectivity index (χ0) is 34.0. The molecule has 0 N–H and O–H groups in total. The molecule has 0 radical (unpaired) electrons. The van der Waals surface area contributed by atoms with Gasteiger partial charge in [0.1, 0.15) is 12.2 Å². The molecule has 0 aromatic rings. The van der Waals surface area contributed by atoms with Gasteiger partial charge in [0.15, 0.2) is 0 Å². The van der Waals surface area contributed by atoms with E-state index in [-0.39, 0.29) is 12.7 Å². The van der Waals surface area contributed by atoms with Crippen molar-refractivity contribution in [2.45, 2.75) is 26.4 Å². The largest absolute Gasteiger partial charge is 0.460 e. The summed E-state index contributed by atoms with van der Waals surface area (Å²) in [6, 6.07) is 0. The van der Waals surface area contributed by atoms with Gasteiger partial charge in [-0.2, -0.15) is 0 Å². The van der Waals surface area contributed by atoms with E-state index in [1.807, 2.05) is 20.8 Å². The minimum Gasteiger partial charge on any atom is -0.460 e. The van der Waals surface area contributed by atoms with Gasteiger partial charge in [-0.05, 0) is 20.8 Å². The van der Waals surface area contributed by atoms with E-state index in [4.69, 9.17) is 56.8 Å². The Balaban J connectivity index is 3.16. The van der Waals surface area contributed by atoms with E-state index >= 15 is 0 Å². The Labute approximate surface area is 274 Å². The van der Waals surface area contributed by atoms with Crippen molar-refractivity contribution in [1.29, 1.82) is 0 Å². The van der Waals surface area contributed by atoms with Gasteiger partial charge in [0.2, 0.25) is 0 Å². The molecule has 0 atom stereocenters. The van der Waals surface area contributed by atoms with Gasteiger partial charge >= 0.3 is 12.1 Å². The highest BCUT2D eigenvalue weighted by molar-refractivity contribution is 5.81. The summed E-state index contributed by atoms with van der Waals surface area (Å²) < 4.78 is 64.3. The fraction of sp³-hybridized carbons (Fsp3) is 0.871. The molecule has 0 aromatic carbocycles. The number of hydrogen-bond donors (Lipinski definition) is 0. The zero-order valence-corrected chi connectivity index (χ0v) is 28.5. The van der Waals surface area contributed by atoms with E-state index in [2.05, 4.69) is 6.58 Å². The van der Waals surface area contributed by atoms with Gasteiger partial charge in [0, 0.05) is 19.7 Å². The molecular weight excluding hydrogens is 610 g/mol. The second kappa shape index (κ2) is 33.0. The van der Waals surface area contributed by atoms with Gasteiger partial charge in [-0.1, -0.05) is 6.58 Å². The average Bonchev–Trinajstić information content (AvgIpc) is 3.02. The third-order valence-corrected chi connectivity index (χ3v) is 5.26. The van der Waals surface area contributed by atoms with Crippen molar-refractivity contribution < 1.29 is 66.4 Å². The van der Waals surface area contributed by atoms with Gasteiger partial charge < -0.3 is 61.7 Å². The summed E-state index contributed by atoms with van der Waals surface area (Å²) in [7, 11) is 1.68. The van der Waals surface area contributed by atoms with Crippen LogP contribution in [0.5, 0.6) is 0 Å². The fourth-order valence-corrected chi connectivity index (χ4v) is 2.97. The van der Waals surface area contributed by atoms with Crippen LogP contribution in [0.3, 0.4) is 0 Å². The Bertz CT molecular complexity index is 707. The molecule has 0 aliphatic carbocycles. The van der Waals surface area contributed by atoms with Gasteiger partial charge in [-0.25, -0.2) is 9.59 Å². The number of ether oxygens (including phenoxy) is 12. The average molecular weight is 670 g/mol. The maximum Gasteiger partial charge on any atom is 0.410 e. The summed E-state index contributed by atoms with van der Waals surface area (Å²) in [5.41, 5.74) is -0.513. The second-order valence-corrected chi connectivity index (χ2v) is 10.4. The molecule has 0 aliphatic rings. The summed E-state index contributed by atoms with van der Waals surface area (Å²) in [4.78, 5) is 24.2. The highest BCUT2D eigenvalue weighted by Gasteiger charge is 2.19. The van der Waals surface area contributed by atoms with Crippen molar-refractivity contribution in [3.05, 3.63) is 12.7 Å².